The number of carbonyl (C=O) groups is 1. The molecule has 0 aliphatic carbocycles. The summed E-state index contributed by atoms with van der Waals surface area (Å²) in [5.74, 6) is 0.205. The molecule has 1 amide bonds. The lowest BCUT2D eigenvalue weighted by Crippen LogP contribution is -2.29. The van der Waals surface area contributed by atoms with Crippen LogP contribution in [0.15, 0.2) is 10.9 Å². The van der Waals surface area contributed by atoms with Gasteiger partial charge in [-0.1, -0.05) is 11.6 Å². The van der Waals surface area contributed by atoms with E-state index < -0.39 is 0 Å². The van der Waals surface area contributed by atoms with E-state index in [0.717, 1.165) is 6.07 Å². The molecule has 0 aromatic carbocycles. The summed E-state index contributed by atoms with van der Waals surface area (Å²) in [4.78, 5) is 30.6. The van der Waals surface area contributed by atoms with Crippen LogP contribution >= 0.6 is 11.6 Å². The van der Waals surface area contributed by atoms with Gasteiger partial charge in [-0.05, 0) is 12.5 Å². The third-order valence-corrected chi connectivity index (χ3v) is 2.69. The van der Waals surface area contributed by atoms with Crippen molar-refractivity contribution in [1.29, 1.82) is 0 Å². The molecule has 2 rings (SSSR count). The fourth-order valence-corrected chi connectivity index (χ4v) is 1.87. The molecular formula is C9H11ClN4O2. The molecule has 1 unspecified atom stereocenters. The third kappa shape index (κ3) is 2.07. The Morgan fingerprint density at radius 3 is 2.94 bits per heavy atom. The van der Waals surface area contributed by atoms with Gasteiger partial charge in [0.15, 0.2) is 0 Å². The van der Waals surface area contributed by atoms with Crippen molar-refractivity contribution in [2.75, 3.05) is 18.0 Å². The van der Waals surface area contributed by atoms with E-state index in [1.807, 2.05) is 0 Å². The first-order valence-corrected chi connectivity index (χ1v) is 5.25. The summed E-state index contributed by atoms with van der Waals surface area (Å²) in [5, 5.41) is 0.0720. The lowest BCUT2D eigenvalue weighted by Gasteiger charge is -2.14. The van der Waals surface area contributed by atoms with Gasteiger partial charge >= 0.3 is 0 Å². The first kappa shape index (κ1) is 11.1. The van der Waals surface area contributed by atoms with Gasteiger partial charge in [-0.3, -0.25) is 19.5 Å². The van der Waals surface area contributed by atoms with Crippen molar-refractivity contribution in [3.63, 3.8) is 0 Å². The van der Waals surface area contributed by atoms with Crippen LogP contribution in [0.4, 0.5) is 5.95 Å². The predicted octanol–water partition coefficient (Wildman–Crippen LogP) is -0.265. The van der Waals surface area contributed by atoms with Gasteiger partial charge in [-0.25, -0.2) is 4.98 Å². The minimum atomic E-state index is -0.376. The Morgan fingerprint density at radius 2 is 2.38 bits per heavy atom. The Kier molecular flexibility index (Phi) is 2.93. The van der Waals surface area contributed by atoms with Gasteiger partial charge in [0.2, 0.25) is 11.9 Å². The molecule has 2 heterocycles. The SMILES string of the molecule is NCC1CC(=O)N(c2nc(Cl)cc(=O)[nH]2)C1. The third-order valence-electron chi connectivity index (χ3n) is 2.49. The number of hydrogen-bond donors (Lipinski definition) is 2. The summed E-state index contributed by atoms with van der Waals surface area (Å²) in [6.45, 7) is 0.908. The topological polar surface area (TPSA) is 92.1 Å². The van der Waals surface area contributed by atoms with Gasteiger partial charge in [0, 0.05) is 19.0 Å². The Bertz CT molecular complexity index is 473. The lowest BCUT2D eigenvalue weighted by atomic mass is 10.1. The summed E-state index contributed by atoms with van der Waals surface area (Å²) in [6, 6.07) is 1.16. The van der Waals surface area contributed by atoms with E-state index in [1.54, 1.807) is 0 Å². The van der Waals surface area contributed by atoms with E-state index in [0.29, 0.717) is 19.5 Å². The zero-order valence-corrected chi connectivity index (χ0v) is 9.20. The molecule has 86 valence electrons. The van der Waals surface area contributed by atoms with E-state index in [9.17, 15) is 9.59 Å². The summed E-state index contributed by atoms with van der Waals surface area (Å²) in [5.41, 5.74) is 5.12. The van der Waals surface area contributed by atoms with Gasteiger partial charge in [-0.2, -0.15) is 0 Å². The number of amides is 1. The van der Waals surface area contributed by atoms with Crippen molar-refractivity contribution in [3.05, 3.63) is 21.6 Å². The number of anilines is 1. The quantitative estimate of drug-likeness (QED) is 0.699. The van der Waals surface area contributed by atoms with Gasteiger partial charge in [0.25, 0.3) is 5.56 Å². The molecule has 3 N–H and O–H groups in total. The van der Waals surface area contributed by atoms with Crippen LogP contribution in [-0.4, -0.2) is 29.0 Å². The molecule has 1 fully saturated rings. The summed E-state index contributed by atoms with van der Waals surface area (Å²) in [7, 11) is 0. The van der Waals surface area contributed by atoms with Crippen molar-refractivity contribution < 1.29 is 4.79 Å². The Labute approximate surface area is 96.4 Å². The normalized spacial score (nSPS) is 20.5. The zero-order valence-electron chi connectivity index (χ0n) is 8.44. The first-order chi connectivity index (χ1) is 7.60. The second kappa shape index (κ2) is 4.23. The maximum absolute atomic E-state index is 11.6. The Balaban J connectivity index is 2.31. The molecular weight excluding hydrogens is 232 g/mol. The zero-order chi connectivity index (χ0) is 11.7. The molecule has 16 heavy (non-hydrogen) atoms. The summed E-state index contributed by atoms with van der Waals surface area (Å²) in [6.07, 6.45) is 0.382. The molecule has 1 aromatic rings. The number of aromatic nitrogens is 2. The van der Waals surface area contributed by atoms with E-state index in [-0.39, 0.29) is 28.5 Å². The molecule has 1 aliphatic rings. The molecule has 0 radical (unpaired) electrons. The van der Waals surface area contributed by atoms with Crippen molar-refractivity contribution in [2.45, 2.75) is 6.42 Å². The Morgan fingerprint density at radius 1 is 1.62 bits per heavy atom. The standard InChI is InChI=1S/C9H11ClN4O2/c10-6-2-7(15)13-9(12-6)14-4-5(3-11)1-8(14)16/h2,5H,1,3-4,11H2,(H,12,13,15). The number of nitrogens with two attached hydrogens (primary N) is 1. The number of H-pyrrole nitrogens is 1. The maximum Gasteiger partial charge on any atom is 0.253 e. The second-order valence-electron chi connectivity index (χ2n) is 3.70. The molecule has 1 saturated heterocycles. The van der Waals surface area contributed by atoms with Crippen LogP contribution in [0.5, 0.6) is 0 Å². The van der Waals surface area contributed by atoms with E-state index >= 15 is 0 Å². The van der Waals surface area contributed by atoms with E-state index in [2.05, 4.69) is 9.97 Å². The average molecular weight is 243 g/mol. The fraction of sp³-hybridized carbons (Fsp3) is 0.444. The predicted molar refractivity (Wildman–Crippen MR) is 59.4 cm³/mol. The lowest BCUT2D eigenvalue weighted by molar-refractivity contribution is -0.117. The summed E-state index contributed by atoms with van der Waals surface area (Å²) >= 11 is 5.65. The van der Waals surface area contributed by atoms with Crippen LogP contribution in [0.2, 0.25) is 5.15 Å². The van der Waals surface area contributed by atoms with Gasteiger partial charge in [0.1, 0.15) is 5.15 Å². The molecule has 1 aromatic heterocycles. The van der Waals surface area contributed by atoms with Gasteiger partial charge in [-0.15, -0.1) is 0 Å². The van der Waals surface area contributed by atoms with Crippen LogP contribution in [0, 0.1) is 5.92 Å². The molecule has 7 heteroatoms. The number of rotatable bonds is 2. The molecule has 1 atom stereocenters. The highest BCUT2D eigenvalue weighted by molar-refractivity contribution is 6.29. The van der Waals surface area contributed by atoms with Crippen molar-refractivity contribution in [2.24, 2.45) is 11.7 Å². The average Bonchev–Trinajstić information content (AvgIpc) is 2.58. The van der Waals surface area contributed by atoms with Gasteiger partial charge in [0.05, 0.1) is 0 Å². The molecule has 1 aliphatic heterocycles. The molecule has 0 spiro atoms. The first-order valence-electron chi connectivity index (χ1n) is 4.87. The number of halogens is 1. The number of aromatic amines is 1. The van der Waals surface area contributed by atoms with Gasteiger partial charge < -0.3 is 5.73 Å². The van der Waals surface area contributed by atoms with Crippen molar-refractivity contribution in [1.82, 2.24) is 9.97 Å². The largest absolute Gasteiger partial charge is 0.330 e. The smallest absolute Gasteiger partial charge is 0.253 e. The Hall–Kier alpha value is -1.40. The summed E-state index contributed by atoms with van der Waals surface area (Å²) < 4.78 is 0. The fourth-order valence-electron chi connectivity index (χ4n) is 1.69. The monoisotopic (exact) mass is 242 g/mol. The number of hydrogen-bond acceptors (Lipinski definition) is 4. The van der Waals surface area contributed by atoms with Crippen LogP contribution in [0.1, 0.15) is 6.42 Å². The van der Waals surface area contributed by atoms with Crippen LogP contribution < -0.4 is 16.2 Å². The van der Waals surface area contributed by atoms with Crippen molar-refractivity contribution in [3.8, 4) is 0 Å². The molecule has 0 saturated carbocycles. The van der Waals surface area contributed by atoms with Crippen LogP contribution in [0.25, 0.3) is 0 Å². The minimum Gasteiger partial charge on any atom is -0.330 e. The van der Waals surface area contributed by atoms with Crippen LogP contribution in [0.3, 0.4) is 0 Å². The number of nitrogens with one attached hydrogen (secondary N) is 1. The highest BCUT2D eigenvalue weighted by atomic mass is 35.5. The van der Waals surface area contributed by atoms with Crippen molar-refractivity contribution >= 4 is 23.5 Å². The second-order valence-corrected chi connectivity index (χ2v) is 4.09. The molecule has 6 nitrogen and oxygen atoms in total. The van der Waals surface area contributed by atoms with Crippen LogP contribution in [-0.2, 0) is 4.79 Å². The number of carbonyl (C=O) groups excluding carboxylic acids is 1. The minimum absolute atomic E-state index is 0.0720. The van der Waals surface area contributed by atoms with E-state index in [4.69, 9.17) is 17.3 Å². The molecule has 0 bridgehead atoms. The maximum atomic E-state index is 11.6. The van der Waals surface area contributed by atoms with E-state index in [1.165, 1.54) is 4.90 Å². The highest BCUT2D eigenvalue weighted by Gasteiger charge is 2.31. The number of nitrogens with zero attached hydrogens (tertiary/aromatic N) is 2. The highest BCUT2D eigenvalue weighted by Crippen LogP contribution is 2.21.